The number of anilines is 1. The van der Waals surface area contributed by atoms with Crippen LogP contribution in [0.1, 0.15) is 15.9 Å². The molecule has 7 nitrogen and oxygen atoms in total. The van der Waals surface area contributed by atoms with Crippen molar-refractivity contribution >= 4 is 39.9 Å². The molecule has 0 aliphatic carbocycles. The molecule has 2 aromatic carbocycles. The summed E-state index contributed by atoms with van der Waals surface area (Å²) >= 11 is 2.17. The molecular formula is C16H15IN2O5. The molecule has 0 atom stereocenters. The van der Waals surface area contributed by atoms with Crippen LogP contribution < -0.4 is 14.8 Å². The standard InChI is InChI=1S/C16H15IN2O5/c1-9-6-10(17)4-5-12(9)18-16(20)11-7-14(23-2)15(24-3)8-13(11)19(21)22/h4-8H,1-3H3,(H,18,20). The van der Waals surface area contributed by atoms with Crippen LogP contribution in [0.15, 0.2) is 30.3 Å². The lowest BCUT2D eigenvalue weighted by Crippen LogP contribution is -2.15. The Morgan fingerprint density at radius 2 is 1.79 bits per heavy atom. The molecule has 2 aromatic rings. The van der Waals surface area contributed by atoms with E-state index in [1.54, 1.807) is 6.07 Å². The molecular weight excluding hydrogens is 427 g/mol. The molecule has 126 valence electrons. The number of benzene rings is 2. The molecule has 0 unspecified atom stereocenters. The van der Waals surface area contributed by atoms with E-state index < -0.39 is 10.8 Å². The van der Waals surface area contributed by atoms with E-state index in [0.29, 0.717) is 5.69 Å². The van der Waals surface area contributed by atoms with E-state index in [9.17, 15) is 14.9 Å². The van der Waals surface area contributed by atoms with Crippen LogP contribution in [-0.2, 0) is 0 Å². The number of carbonyl (C=O) groups excluding carboxylic acids is 1. The van der Waals surface area contributed by atoms with Crippen molar-refractivity contribution in [1.29, 1.82) is 0 Å². The SMILES string of the molecule is COc1cc(C(=O)Nc2ccc(I)cc2C)c([N+](=O)[O-])cc1OC. The first-order chi connectivity index (χ1) is 11.4. The summed E-state index contributed by atoms with van der Waals surface area (Å²) in [5.41, 5.74) is 0.992. The number of ether oxygens (including phenoxy) is 2. The smallest absolute Gasteiger partial charge is 0.286 e. The monoisotopic (exact) mass is 442 g/mol. The molecule has 24 heavy (non-hydrogen) atoms. The molecule has 0 heterocycles. The van der Waals surface area contributed by atoms with Crippen LogP contribution in [0.3, 0.4) is 0 Å². The minimum atomic E-state index is -0.627. The lowest BCUT2D eigenvalue weighted by molar-refractivity contribution is -0.385. The van der Waals surface area contributed by atoms with Gasteiger partial charge in [-0.05, 0) is 53.3 Å². The van der Waals surface area contributed by atoms with Crippen LogP contribution in [-0.4, -0.2) is 25.1 Å². The Morgan fingerprint density at radius 3 is 2.33 bits per heavy atom. The highest BCUT2D eigenvalue weighted by Gasteiger charge is 2.24. The van der Waals surface area contributed by atoms with E-state index in [-0.39, 0.29) is 22.7 Å². The maximum Gasteiger partial charge on any atom is 0.286 e. The minimum absolute atomic E-state index is 0.101. The van der Waals surface area contributed by atoms with Crippen molar-refractivity contribution in [2.45, 2.75) is 6.92 Å². The Morgan fingerprint density at radius 1 is 1.17 bits per heavy atom. The maximum absolute atomic E-state index is 12.5. The Hall–Kier alpha value is -2.36. The summed E-state index contributed by atoms with van der Waals surface area (Å²) in [5, 5.41) is 14.0. The molecule has 0 fully saturated rings. The van der Waals surface area contributed by atoms with Crippen LogP contribution >= 0.6 is 22.6 Å². The molecule has 0 aliphatic heterocycles. The van der Waals surface area contributed by atoms with E-state index in [1.165, 1.54) is 26.4 Å². The average molecular weight is 442 g/mol. The second kappa shape index (κ2) is 7.47. The van der Waals surface area contributed by atoms with Gasteiger partial charge in [-0.25, -0.2) is 0 Å². The zero-order chi connectivity index (χ0) is 17.9. The minimum Gasteiger partial charge on any atom is -0.493 e. The summed E-state index contributed by atoms with van der Waals surface area (Å²) in [4.78, 5) is 23.2. The van der Waals surface area contributed by atoms with Gasteiger partial charge in [0.15, 0.2) is 11.5 Å². The molecule has 8 heteroatoms. The van der Waals surface area contributed by atoms with Crippen molar-refractivity contribution < 1.29 is 19.2 Å². The molecule has 1 amide bonds. The third-order valence-corrected chi connectivity index (χ3v) is 4.05. The number of methoxy groups -OCH3 is 2. The molecule has 1 N–H and O–H groups in total. The Bertz CT molecular complexity index is 807. The van der Waals surface area contributed by atoms with Gasteiger partial charge in [0.2, 0.25) is 0 Å². The molecule has 0 spiro atoms. The third-order valence-electron chi connectivity index (χ3n) is 3.38. The number of aryl methyl sites for hydroxylation is 1. The number of amides is 1. The fourth-order valence-electron chi connectivity index (χ4n) is 2.16. The molecule has 0 aliphatic rings. The summed E-state index contributed by atoms with van der Waals surface area (Å²) < 4.78 is 11.2. The van der Waals surface area contributed by atoms with Crippen LogP contribution in [0.25, 0.3) is 0 Å². The van der Waals surface area contributed by atoms with E-state index in [2.05, 4.69) is 27.9 Å². The Balaban J connectivity index is 2.45. The first kappa shape index (κ1) is 18.0. The van der Waals surface area contributed by atoms with Crippen molar-refractivity contribution in [2.75, 3.05) is 19.5 Å². The summed E-state index contributed by atoms with van der Waals surface area (Å²) in [6, 6.07) is 7.97. The van der Waals surface area contributed by atoms with Crippen LogP contribution in [0.4, 0.5) is 11.4 Å². The number of nitrogens with zero attached hydrogens (tertiary/aromatic N) is 1. The molecule has 0 aromatic heterocycles. The molecule has 0 bridgehead atoms. The van der Waals surface area contributed by atoms with Gasteiger partial charge in [0, 0.05) is 15.3 Å². The summed E-state index contributed by atoms with van der Waals surface area (Å²) in [6.45, 7) is 1.85. The largest absolute Gasteiger partial charge is 0.493 e. The van der Waals surface area contributed by atoms with Crippen molar-refractivity contribution in [1.82, 2.24) is 0 Å². The van der Waals surface area contributed by atoms with Crippen molar-refractivity contribution in [3.63, 3.8) is 0 Å². The molecule has 2 rings (SSSR count). The van der Waals surface area contributed by atoms with E-state index in [4.69, 9.17) is 9.47 Å². The number of rotatable bonds is 5. The van der Waals surface area contributed by atoms with Crippen LogP contribution in [0, 0.1) is 20.6 Å². The fraction of sp³-hybridized carbons (Fsp3) is 0.188. The predicted molar refractivity (Wildman–Crippen MR) is 98.0 cm³/mol. The average Bonchev–Trinajstić information content (AvgIpc) is 2.55. The van der Waals surface area contributed by atoms with Gasteiger partial charge in [0.1, 0.15) is 5.56 Å². The number of nitrogens with one attached hydrogen (secondary N) is 1. The number of nitro benzene ring substituents is 1. The van der Waals surface area contributed by atoms with E-state index in [0.717, 1.165) is 9.13 Å². The van der Waals surface area contributed by atoms with Crippen LogP contribution in [0.2, 0.25) is 0 Å². The van der Waals surface area contributed by atoms with E-state index >= 15 is 0 Å². The number of halogens is 1. The van der Waals surface area contributed by atoms with Gasteiger partial charge in [-0.15, -0.1) is 0 Å². The highest BCUT2D eigenvalue weighted by molar-refractivity contribution is 14.1. The van der Waals surface area contributed by atoms with Crippen molar-refractivity contribution in [2.24, 2.45) is 0 Å². The number of hydrogen-bond acceptors (Lipinski definition) is 5. The summed E-state index contributed by atoms with van der Waals surface area (Å²) in [5.74, 6) is -0.161. The topological polar surface area (TPSA) is 90.7 Å². The second-order valence-corrected chi connectivity index (χ2v) is 6.14. The van der Waals surface area contributed by atoms with Crippen LogP contribution in [0.5, 0.6) is 11.5 Å². The van der Waals surface area contributed by atoms with Gasteiger partial charge in [0.05, 0.1) is 25.2 Å². The maximum atomic E-state index is 12.5. The zero-order valence-electron chi connectivity index (χ0n) is 13.3. The zero-order valence-corrected chi connectivity index (χ0v) is 15.4. The second-order valence-electron chi connectivity index (χ2n) is 4.89. The van der Waals surface area contributed by atoms with E-state index in [1.807, 2.05) is 19.1 Å². The Labute approximate surface area is 152 Å². The number of nitro groups is 1. The van der Waals surface area contributed by atoms with Gasteiger partial charge < -0.3 is 14.8 Å². The van der Waals surface area contributed by atoms with Gasteiger partial charge in [-0.2, -0.15) is 0 Å². The lowest BCUT2D eigenvalue weighted by Gasteiger charge is -2.12. The molecule has 0 radical (unpaired) electrons. The number of hydrogen-bond donors (Lipinski definition) is 1. The highest BCUT2D eigenvalue weighted by atomic mass is 127. The van der Waals surface area contributed by atoms with Gasteiger partial charge in [-0.1, -0.05) is 0 Å². The highest BCUT2D eigenvalue weighted by Crippen LogP contribution is 2.35. The fourth-order valence-corrected chi connectivity index (χ4v) is 2.81. The molecule has 0 saturated heterocycles. The quantitative estimate of drug-likeness (QED) is 0.433. The first-order valence-corrected chi connectivity index (χ1v) is 7.93. The Kier molecular flexibility index (Phi) is 5.60. The summed E-state index contributed by atoms with van der Waals surface area (Å²) in [6.07, 6.45) is 0. The summed E-state index contributed by atoms with van der Waals surface area (Å²) in [7, 11) is 2.77. The lowest BCUT2D eigenvalue weighted by atomic mass is 10.1. The first-order valence-electron chi connectivity index (χ1n) is 6.85. The van der Waals surface area contributed by atoms with Crippen molar-refractivity contribution in [3.05, 3.63) is 55.1 Å². The normalized spacial score (nSPS) is 10.2. The number of carbonyl (C=O) groups is 1. The van der Waals surface area contributed by atoms with Crippen molar-refractivity contribution in [3.8, 4) is 11.5 Å². The molecule has 0 saturated carbocycles. The van der Waals surface area contributed by atoms with Gasteiger partial charge in [0.25, 0.3) is 11.6 Å². The van der Waals surface area contributed by atoms with Gasteiger partial charge in [-0.3, -0.25) is 14.9 Å². The van der Waals surface area contributed by atoms with Gasteiger partial charge >= 0.3 is 0 Å². The predicted octanol–water partition coefficient (Wildman–Crippen LogP) is 3.78. The third kappa shape index (κ3) is 3.75.